The number of hydrogen-bond donors (Lipinski definition) is 1. The minimum atomic E-state index is -0.108. The predicted octanol–water partition coefficient (Wildman–Crippen LogP) is 4.03. The van der Waals surface area contributed by atoms with Gasteiger partial charge < -0.3 is 9.73 Å². The van der Waals surface area contributed by atoms with Gasteiger partial charge in [0.25, 0.3) is 5.91 Å². The number of pyridine rings is 1. The normalized spacial score (nSPS) is 10.4. The summed E-state index contributed by atoms with van der Waals surface area (Å²) in [7, 11) is 0. The van der Waals surface area contributed by atoms with Crippen molar-refractivity contribution in [1.29, 1.82) is 0 Å². The third-order valence-corrected chi connectivity index (χ3v) is 3.69. The Hall–Kier alpha value is -2.40. The van der Waals surface area contributed by atoms with Gasteiger partial charge in [-0.05, 0) is 54.1 Å². The number of rotatable bonds is 4. The number of aromatic nitrogens is 1. The van der Waals surface area contributed by atoms with Crippen molar-refractivity contribution in [3.05, 3.63) is 76.6 Å². The molecule has 2 aromatic heterocycles. The molecule has 1 N–H and O–H groups in total. The molecule has 1 amide bonds. The Morgan fingerprint density at radius 3 is 2.73 bits per heavy atom. The molecule has 0 unspecified atom stereocenters. The molecule has 0 bridgehead atoms. The number of hydrogen-bond acceptors (Lipinski definition) is 3. The fourth-order valence-corrected chi connectivity index (χ4v) is 2.29. The summed E-state index contributed by atoms with van der Waals surface area (Å²) < 4.78 is 6.27. The number of halogens is 1. The molecule has 2 heterocycles. The van der Waals surface area contributed by atoms with Gasteiger partial charge in [0, 0.05) is 22.8 Å². The first-order valence-electron chi connectivity index (χ1n) is 6.75. The van der Waals surface area contributed by atoms with Crippen LogP contribution in [0.1, 0.15) is 15.9 Å². The molecule has 3 rings (SSSR count). The Labute approximate surface area is 136 Å². The maximum atomic E-state index is 12.1. The molecule has 0 radical (unpaired) electrons. The lowest BCUT2D eigenvalue weighted by atomic mass is 10.2. The first-order chi connectivity index (χ1) is 10.7. The van der Waals surface area contributed by atoms with Crippen molar-refractivity contribution in [2.75, 3.05) is 0 Å². The van der Waals surface area contributed by atoms with Gasteiger partial charge in [-0.2, -0.15) is 0 Å². The van der Waals surface area contributed by atoms with Crippen LogP contribution < -0.4 is 5.32 Å². The number of amides is 1. The fraction of sp³-hybridized carbons (Fsp3) is 0.0588. The van der Waals surface area contributed by atoms with E-state index in [2.05, 4.69) is 26.2 Å². The summed E-state index contributed by atoms with van der Waals surface area (Å²) in [4.78, 5) is 16.3. The standard InChI is InChI=1S/C17H13BrN2O2/c18-14-5-3-13(4-6-14)17(21)20-11-12-7-8-19-15(10-12)16-2-1-9-22-16/h1-10H,11H2,(H,20,21). The first kappa shape index (κ1) is 14.5. The van der Waals surface area contributed by atoms with Gasteiger partial charge in [-0.15, -0.1) is 0 Å². The van der Waals surface area contributed by atoms with E-state index in [1.54, 1.807) is 24.6 Å². The lowest BCUT2D eigenvalue weighted by molar-refractivity contribution is 0.0951. The SMILES string of the molecule is O=C(NCc1ccnc(-c2ccco2)c1)c1ccc(Br)cc1. The average molecular weight is 357 g/mol. The van der Waals surface area contributed by atoms with Gasteiger partial charge in [0.15, 0.2) is 5.76 Å². The molecule has 110 valence electrons. The van der Waals surface area contributed by atoms with Crippen LogP contribution in [0.2, 0.25) is 0 Å². The van der Waals surface area contributed by atoms with Crippen LogP contribution in [0.4, 0.5) is 0 Å². The zero-order valence-corrected chi connectivity index (χ0v) is 13.2. The highest BCUT2D eigenvalue weighted by Crippen LogP contribution is 2.18. The number of furan rings is 1. The highest BCUT2D eigenvalue weighted by molar-refractivity contribution is 9.10. The van der Waals surface area contributed by atoms with Crippen molar-refractivity contribution in [2.24, 2.45) is 0 Å². The smallest absolute Gasteiger partial charge is 0.251 e. The Morgan fingerprint density at radius 1 is 1.18 bits per heavy atom. The number of carbonyl (C=O) groups excluding carboxylic acids is 1. The van der Waals surface area contributed by atoms with E-state index >= 15 is 0 Å². The molecule has 0 aliphatic carbocycles. The molecule has 0 atom stereocenters. The second-order valence-electron chi connectivity index (χ2n) is 4.72. The largest absolute Gasteiger partial charge is 0.463 e. The zero-order valence-electron chi connectivity index (χ0n) is 11.6. The second-order valence-corrected chi connectivity index (χ2v) is 5.63. The summed E-state index contributed by atoms with van der Waals surface area (Å²) >= 11 is 3.35. The van der Waals surface area contributed by atoms with Crippen LogP contribution in [0.3, 0.4) is 0 Å². The lowest BCUT2D eigenvalue weighted by Gasteiger charge is -2.06. The fourth-order valence-electron chi connectivity index (χ4n) is 2.03. The minimum absolute atomic E-state index is 0.108. The van der Waals surface area contributed by atoms with Gasteiger partial charge in [0.1, 0.15) is 5.69 Å². The summed E-state index contributed by atoms with van der Waals surface area (Å²) in [6.07, 6.45) is 3.32. The molecule has 0 saturated heterocycles. The van der Waals surface area contributed by atoms with E-state index in [9.17, 15) is 4.79 Å². The third kappa shape index (κ3) is 3.43. The lowest BCUT2D eigenvalue weighted by Crippen LogP contribution is -2.22. The molecule has 0 spiro atoms. The van der Waals surface area contributed by atoms with Crippen molar-refractivity contribution < 1.29 is 9.21 Å². The number of nitrogens with one attached hydrogen (secondary N) is 1. The van der Waals surface area contributed by atoms with Crippen LogP contribution in [-0.4, -0.2) is 10.9 Å². The summed E-state index contributed by atoms with van der Waals surface area (Å²) in [6.45, 7) is 0.436. The second kappa shape index (κ2) is 6.58. The molecule has 3 aromatic rings. The molecular weight excluding hydrogens is 344 g/mol. The van der Waals surface area contributed by atoms with Crippen LogP contribution in [0.5, 0.6) is 0 Å². The molecule has 4 nitrogen and oxygen atoms in total. The molecule has 22 heavy (non-hydrogen) atoms. The van der Waals surface area contributed by atoms with E-state index in [-0.39, 0.29) is 5.91 Å². The van der Waals surface area contributed by atoms with Crippen molar-refractivity contribution in [1.82, 2.24) is 10.3 Å². The Kier molecular flexibility index (Phi) is 4.34. The summed E-state index contributed by atoms with van der Waals surface area (Å²) in [5.74, 6) is 0.602. The third-order valence-electron chi connectivity index (χ3n) is 3.16. The Balaban J connectivity index is 1.67. The predicted molar refractivity (Wildman–Crippen MR) is 87.3 cm³/mol. The van der Waals surface area contributed by atoms with Gasteiger partial charge in [-0.3, -0.25) is 9.78 Å². The average Bonchev–Trinajstić information content (AvgIpc) is 3.08. The Bertz CT molecular complexity index is 768. The van der Waals surface area contributed by atoms with E-state index in [0.717, 1.165) is 15.7 Å². The van der Waals surface area contributed by atoms with Crippen LogP contribution in [0.25, 0.3) is 11.5 Å². The highest BCUT2D eigenvalue weighted by Gasteiger charge is 2.07. The van der Waals surface area contributed by atoms with Crippen molar-refractivity contribution in [2.45, 2.75) is 6.54 Å². The highest BCUT2D eigenvalue weighted by atomic mass is 79.9. The molecular formula is C17H13BrN2O2. The van der Waals surface area contributed by atoms with Gasteiger partial charge in [0.05, 0.1) is 6.26 Å². The molecule has 5 heteroatoms. The molecule has 0 fully saturated rings. The number of nitrogens with zero attached hydrogens (tertiary/aromatic N) is 1. The quantitative estimate of drug-likeness (QED) is 0.767. The zero-order chi connectivity index (χ0) is 15.4. The number of carbonyl (C=O) groups is 1. The summed E-state index contributed by atoms with van der Waals surface area (Å²) in [5, 5.41) is 2.89. The number of benzene rings is 1. The van der Waals surface area contributed by atoms with Gasteiger partial charge in [-0.1, -0.05) is 15.9 Å². The van der Waals surface area contributed by atoms with Crippen LogP contribution in [0.15, 0.2) is 69.9 Å². The first-order valence-corrected chi connectivity index (χ1v) is 7.54. The molecule has 1 aromatic carbocycles. The van der Waals surface area contributed by atoms with Gasteiger partial charge in [-0.25, -0.2) is 0 Å². The maximum Gasteiger partial charge on any atom is 0.251 e. The van der Waals surface area contributed by atoms with E-state index in [0.29, 0.717) is 17.9 Å². The van der Waals surface area contributed by atoms with E-state index in [4.69, 9.17) is 4.42 Å². The molecule has 0 aliphatic heterocycles. The maximum absolute atomic E-state index is 12.1. The summed E-state index contributed by atoms with van der Waals surface area (Å²) in [6, 6.07) is 14.7. The van der Waals surface area contributed by atoms with Crippen LogP contribution >= 0.6 is 15.9 Å². The van der Waals surface area contributed by atoms with E-state index < -0.39 is 0 Å². The van der Waals surface area contributed by atoms with Crippen LogP contribution in [0, 0.1) is 0 Å². The van der Waals surface area contributed by atoms with E-state index in [1.807, 2.05) is 36.4 Å². The summed E-state index contributed by atoms with van der Waals surface area (Å²) in [5.41, 5.74) is 2.34. The van der Waals surface area contributed by atoms with Crippen molar-refractivity contribution in [3.8, 4) is 11.5 Å². The van der Waals surface area contributed by atoms with Gasteiger partial charge >= 0.3 is 0 Å². The molecule has 0 saturated carbocycles. The Morgan fingerprint density at radius 2 is 2.00 bits per heavy atom. The van der Waals surface area contributed by atoms with Crippen LogP contribution in [-0.2, 0) is 6.54 Å². The monoisotopic (exact) mass is 356 g/mol. The minimum Gasteiger partial charge on any atom is -0.463 e. The van der Waals surface area contributed by atoms with E-state index in [1.165, 1.54) is 0 Å². The van der Waals surface area contributed by atoms with Gasteiger partial charge in [0.2, 0.25) is 0 Å². The molecule has 0 aliphatic rings. The topological polar surface area (TPSA) is 55.1 Å². The van der Waals surface area contributed by atoms with Crippen molar-refractivity contribution >= 4 is 21.8 Å². The van der Waals surface area contributed by atoms with Crippen molar-refractivity contribution in [3.63, 3.8) is 0 Å².